The molecule has 7 heavy (non-hydrogen) atoms. The monoisotopic (exact) mass is 101 g/mol. The summed E-state index contributed by atoms with van der Waals surface area (Å²) < 4.78 is 0. The van der Waals surface area contributed by atoms with E-state index < -0.39 is 5.72 Å². The van der Waals surface area contributed by atoms with E-state index in [-0.39, 0.29) is 0 Å². The highest BCUT2D eigenvalue weighted by Crippen LogP contribution is 2.23. The summed E-state index contributed by atoms with van der Waals surface area (Å²) in [6.45, 7) is 0. The van der Waals surface area contributed by atoms with Crippen molar-refractivity contribution in [3.05, 3.63) is 0 Å². The van der Waals surface area contributed by atoms with Gasteiger partial charge >= 0.3 is 0 Å². The van der Waals surface area contributed by atoms with Crippen molar-refractivity contribution < 1.29 is 5.11 Å². The van der Waals surface area contributed by atoms with Gasteiger partial charge < -0.3 is 10.8 Å². The van der Waals surface area contributed by atoms with Crippen molar-refractivity contribution in [1.82, 2.24) is 0 Å². The fourth-order valence-corrected chi connectivity index (χ4v) is 0.987. The van der Waals surface area contributed by atoms with Crippen LogP contribution in [0.1, 0.15) is 25.7 Å². The van der Waals surface area contributed by atoms with Gasteiger partial charge in [0.05, 0.1) is 0 Å². The summed E-state index contributed by atoms with van der Waals surface area (Å²) >= 11 is 0. The minimum Gasteiger partial charge on any atom is -0.376 e. The van der Waals surface area contributed by atoms with Crippen molar-refractivity contribution in [1.29, 1.82) is 0 Å². The van der Waals surface area contributed by atoms with Crippen molar-refractivity contribution in [2.24, 2.45) is 5.73 Å². The molecular weight excluding hydrogens is 90.1 g/mol. The van der Waals surface area contributed by atoms with Gasteiger partial charge in [0.15, 0.2) is 0 Å². The molecule has 3 N–H and O–H groups in total. The van der Waals surface area contributed by atoms with Crippen LogP contribution in [0.3, 0.4) is 0 Å². The van der Waals surface area contributed by atoms with E-state index in [2.05, 4.69) is 0 Å². The van der Waals surface area contributed by atoms with E-state index in [1.54, 1.807) is 0 Å². The zero-order chi connectivity index (χ0) is 5.33. The average molecular weight is 101 g/mol. The molecule has 1 rings (SSSR count). The standard InChI is InChI=1S/C5H11NO/c6-5(7)3-1-2-4-5/h7H,1-4,6H2. The molecular formula is C5H11NO. The minimum absolute atomic E-state index is 0.785. The molecule has 0 spiro atoms. The Balaban J connectivity index is 2.40. The van der Waals surface area contributed by atoms with E-state index in [9.17, 15) is 0 Å². The summed E-state index contributed by atoms with van der Waals surface area (Å²) in [5.74, 6) is 0. The minimum atomic E-state index is -0.806. The molecule has 0 aromatic rings. The van der Waals surface area contributed by atoms with Gasteiger partial charge in [0.2, 0.25) is 0 Å². The first-order chi connectivity index (χ1) is 3.21. The number of aliphatic hydroxyl groups is 1. The van der Waals surface area contributed by atoms with Crippen molar-refractivity contribution in [3.63, 3.8) is 0 Å². The maximum atomic E-state index is 8.97. The first kappa shape index (κ1) is 5.06. The quantitative estimate of drug-likeness (QED) is 0.428. The van der Waals surface area contributed by atoms with E-state index in [4.69, 9.17) is 10.8 Å². The predicted octanol–water partition coefficient (Wildman–Crippen LogP) is 0.208. The summed E-state index contributed by atoms with van der Waals surface area (Å²) in [5.41, 5.74) is 4.53. The Morgan fingerprint density at radius 1 is 1.29 bits per heavy atom. The lowest BCUT2D eigenvalue weighted by molar-refractivity contribution is 0.0549. The summed E-state index contributed by atoms with van der Waals surface area (Å²) in [5, 5.41) is 8.97. The molecule has 1 aliphatic carbocycles. The van der Waals surface area contributed by atoms with Crippen LogP contribution in [0.2, 0.25) is 0 Å². The van der Waals surface area contributed by atoms with Crippen molar-refractivity contribution in [2.45, 2.75) is 31.4 Å². The highest BCUT2D eigenvalue weighted by molar-refractivity contribution is 4.76. The molecule has 1 fully saturated rings. The Morgan fingerprint density at radius 2 is 1.71 bits per heavy atom. The van der Waals surface area contributed by atoms with E-state index >= 15 is 0 Å². The third-order valence-corrected chi connectivity index (χ3v) is 1.47. The second-order valence-corrected chi connectivity index (χ2v) is 2.31. The third-order valence-electron chi connectivity index (χ3n) is 1.47. The van der Waals surface area contributed by atoms with Gasteiger partial charge in [-0.1, -0.05) is 0 Å². The smallest absolute Gasteiger partial charge is 0.113 e. The molecule has 0 radical (unpaired) electrons. The summed E-state index contributed by atoms with van der Waals surface area (Å²) in [4.78, 5) is 0. The molecule has 0 atom stereocenters. The predicted molar refractivity (Wildman–Crippen MR) is 27.6 cm³/mol. The van der Waals surface area contributed by atoms with Crippen LogP contribution in [-0.2, 0) is 0 Å². The molecule has 0 aromatic heterocycles. The molecule has 2 nitrogen and oxygen atoms in total. The number of rotatable bonds is 0. The Bertz CT molecular complexity index is 62.5. The first-order valence-electron chi connectivity index (χ1n) is 2.72. The SMILES string of the molecule is NC1(O)CCCC1. The van der Waals surface area contributed by atoms with Crippen molar-refractivity contribution in [2.75, 3.05) is 0 Å². The van der Waals surface area contributed by atoms with Crippen LogP contribution in [0.25, 0.3) is 0 Å². The molecule has 42 valence electrons. The van der Waals surface area contributed by atoms with Gasteiger partial charge in [-0.3, -0.25) is 0 Å². The van der Waals surface area contributed by atoms with Gasteiger partial charge in [0.1, 0.15) is 5.72 Å². The fourth-order valence-electron chi connectivity index (χ4n) is 0.987. The lowest BCUT2D eigenvalue weighted by atomic mass is 10.2. The molecule has 0 saturated heterocycles. The second kappa shape index (κ2) is 1.46. The van der Waals surface area contributed by atoms with E-state index in [0.717, 1.165) is 25.7 Å². The lowest BCUT2D eigenvalue weighted by Gasteiger charge is -2.12. The lowest BCUT2D eigenvalue weighted by Crippen LogP contribution is -2.35. The zero-order valence-electron chi connectivity index (χ0n) is 4.35. The Kier molecular flexibility index (Phi) is 1.05. The molecule has 0 aromatic carbocycles. The molecule has 0 unspecified atom stereocenters. The van der Waals surface area contributed by atoms with Crippen LogP contribution >= 0.6 is 0 Å². The van der Waals surface area contributed by atoms with Gasteiger partial charge in [-0.25, -0.2) is 0 Å². The molecule has 1 saturated carbocycles. The third kappa shape index (κ3) is 1.14. The molecule has 0 amide bonds. The Morgan fingerprint density at radius 3 is 1.86 bits per heavy atom. The van der Waals surface area contributed by atoms with Crippen LogP contribution in [0.5, 0.6) is 0 Å². The molecule has 0 aliphatic heterocycles. The highest BCUT2D eigenvalue weighted by atomic mass is 16.3. The second-order valence-electron chi connectivity index (χ2n) is 2.31. The molecule has 0 bridgehead atoms. The van der Waals surface area contributed by atoms with Crippen LogP contribution < -0.4 is 5.73 Å². The molecule has 0 heterocycles. The average Bonchev–Trinajstić information content (AvgIpc) is 1.84. The molecule has 2 heteroatoms. The summed E-state index contributed by atoms with van der Waals surface area (Å²) in [7, 11) is 0. The summed E-state index contributed by atoms with van der Waals surface area (Å²) in [6, 6.07) is 0. The van der Waals surface area contributed by atoms with Gasteiger partial charge in [-0.15, -0.1) is 0 Å². The van der Waals surface area contributed by atoms with E-state index in [1.807, 2.05) is 0 Å². The van der Waals surface area contributed by atoms with Gasteiger partial charge in [-0.2, -0.15) is 0 Å². The van der Waals surface area contributed by atoms with Gasteiger partial charge in [-0.05, 0) is 25.7 Å². The van der Waals surface area contributed by atoms with Crippen molar-refractivity contribution in [3.8, 4) is 0 Å². The van der Waals surface area contributed by atoms with Crippen molar-refractivity contribution >= 4 is 0 Å². The van der Waals surface area contributed by atoms with Gasteiger partial charge in [0, 0.05) is 0 Å². The largest absolute Gasteiger partial charge is 0.376 e. The van der Waals surface area contributed by atoms with Crippen LogP contribution in [0.4, 0.5) is 0 Å². The number of hydrogen-bond acceptors (Lipinski definition) is 2. The maximum absolute atomic E-state index is 8.97. The Hall–Kier alpha value is -0.0800. The summed E-state index contributed by atoms with van der Waals surface area (Å²) in [6.07, 6.45) is 3.75. The van der Waals surface area contributed by atoms with E-state index in [0.29, 0.717) is 0 Å². The number of nitrogens with two attached hydrogens (primary N) is 1. The Labute approximate surface area is 43.3 Å². The topological polar surface area (TPSA) is 46.2 Å². The van der Waals surface area contributed by atoms with Crippen LogP contribution in [0, 0.1) is 0 Å². The van der Waals surface area contributed by atoms with Gasteiger partial charge in [0.25, 0.3) is 0 Å². The normalized spacial score (nSPS) is 28.3. The zero-order valence-corrected chi connectivity index (χ0v) is 4.35. The fraction of sp³-hybridized carbons (Fsp3) is 1.00. The molecule has 1 aliphatic rings. The van der Waals surface area contributed by atoms with Crippen LogP contribution in [0.15, 0.2) is 0 Å². The number of hydrogen-bond donors (Lipinski definition) is 2. The van der Waals surface area contributed by atoms with E-state index in [1.165, 1.54) is 0 Å². The highest BCUT2D eigenvalue weighted by Gasteiger charge is 2.24. The first-order valence-corrected chi connectivity index (χ1v) is 2.72. The maximum Gasteiger partial charge on any atom is 0.113 e. The van der Waals surface area contributed by atoms with Crippen LogP contribution in [-0.4, -0.2) is 10.8 Å².